The van der Waals surface area contributed by atoms with Gasteiger partial charge in [-0.15, -0.1) is 0 Å². The Morgan fingerprint density at radius 3 is 2.85 bits per heavy atom. The highest BCUT2D eigenvalue weighted by molar-refractivity contribution is 6.30. The number of aromatic nitrogens is 2. The zero-order valence-electron chi connectivity index (χ0n) is 13.9. The van der Waals surface area contributed by atoms with E-state index in [1.807, 2.05) is 31.2 Å². The third-order valence-electron chi connectivity index (χ3n) is 4.41. The Labute approximate surface area is 155 Å². The van der Waals surface area contributed by atoms with Crippen molar-refractivity contribution in [1.82, 2.24) is 9.97 Å². The van der Waals surface area contributed by atoms with Crippen molar-refractivity contribution in [3.8, 4) is 0 Å². The van der Waals surface area contributed by atoms with Gasteiger partial charge in [-0.3, -0.25) is 14.7 Å². The van der Waals surface area contributed by atoms with E-state index < -0.39 is 6.17 Å². The average molecular weight is 364 g/mol. The molecule has 26 heavy (non-hydrogen) atoms. The minimum Gasteiger partial charge on any atom is -0.287 e. The largest absolute Gasteiger partial charge is 0.336 e. The third kappa shape index (κ3) is 2.54. The minimum absolute atomic E-state index is 0.237. The minimum atomic E-state index is -0.646. The lowest BCUT2D eigenvalue weighted by molar-refractivity contribution is 0.255. The predicted octanol–water partition coefficient (Wildman–Crippen LogP) is 4.28. The van der Waals surface area contributed by atoms with E-state index in [1.165, 1.54) is 16.0 Å². The Kier molecular flexibility index (Phi) is 3.94. The highest BCUT2D eigenvalue weighted by atomic mass is 35.5. The SMILES string of the molecule is [C-]#[N+]C1CN(c2ncc(Cl)cc2C)C(=O)N1c1cncc2ccccc12. The van der Waals surface area contributed by atoms with Gasteiger partial charge in [0.25, 0.3) is 0 Å². The van der Waals surface area contributed by atoms with Crippen LogP contribution in [0.4, 0.5) is 16.3 Å². The van der Waals surface area contributed by atoms with Gasteiger partial charge in [0.15, 0.2) is 0 Å². The summed E-state index contributed by atoms with van der Waals surface area (Å²) < 4.78 is 0. The van der Waals surface area contributed by atoms with Crippen LogP contribution in [0.15, 0.2) is 48.9 Å². The standard InChI is InChI=1S/C19H14ClN5O/c1-12-7-14(20)9-23-18(12)24-11-17(21-2)25(19(24)26)16-10-22-8-13-5-3-4-6-15(13)16/h3-10,17H,11H2,1H3. The zero-order chi connectivity index (χ0) is 18.3. The number of anilines is 2. The highest BCUT2D eigenvalue weighted by Crippen LogP contribution is 2.34. The van der Waals surface area contributed by atoms with Gasteiger partial charge in [-0.05, 0) is 18.6 Å². The van der Waals surface area contributed by atoms with Crippen molar-refractivity contribution in [3.05, 3.63) is 70.9 Å². The fraction of sp³-hybridized carbons (Fsp3) is 0.158. The number of halogens is 1. The molecule has 1 aromatic carbocycles. The number of pyridine rings is 2. The highest BCUT2D eigenvalue weighted by Gasteiger charge is 2.45. The van der Waals surface area contributed by atoms with Crippen LogP contribution in [0.5, 0.6) is 0 Å². The van der Waals surface area contributed by atoms with Crippen molar-refractivity contribution < 1.29 is 4.79 Å². The second-order valence-corrected chi connectivity index (χ2v) is 6.48. The molecule has 1 fully saturated rings. The lowest BCUT2D eigenvalue weighted by Gasteiger charge is -2.19. The number of hydrogen-bond donors (Lipinski definition) is 0. The average Bonchev–Trinajstić information content (AvgIpc) is 2.97. The normalized spacial score (nSPS) is 17.0. The summed E-state index contributed by atoms with van der Waals surface area (Å²) in [5.41, 5.74) is 1.41. The number of nitrogens with zero attached hydrogens (tertiary/aromatic N) is 5. The van der Waals surface area contributed by atoms with Gasteiger partial charge < -0.3 is 0 Å². The first kappa shape index (κ1) is 16.3. The van der Waals surface area contributed by atoms with Crippen LogP contribution in [0.2, 0.25) is 5.02 Å². The van der Waals surface area contributed by atoms with Gasteiger partial charge in [-0.25, -0.2) is 21.3 Å². The van der Waals surface area contributed by atoms with E-state index in [1.54, 1.807) is 18.5 Å². The molecule has 4 rings (SSSR count). The van der Waals surface area contributed by atoms with E-state index in [0.717, 1.165) is 16.3 Å². The fourth-order valence-corrected chi connectivity index (χ4v) is 3.44. The maximum Gasteiger partial charge on any atom is 0.336 e. The molecule has 2 amide bonds. The number of carbonyl (C=O) groups is 1. The summed E-state index contributed by atoms with van der Waals surface area (Å²) in [7, 11) is 0. The van der Waals surface area contributed by atoms with Crippen LogP contribution < -0.4 is 9.80 Å². The van der Waals surface area contributed by atoms with Gasteiger partial charge >= 0.3 is 12.2 Å². The molecule has 2 aromatic heterocycles. The van der Waals surface area contributed by atoms with Gasteiger partial charge in [-0.1, -0.05) is 35.9 Å². The van der Waals surface area contributed by atoms with Crippen LogP contribution in [0.1, 0.15) is 5.56 Å². The predicted molar refractivity (Wildman–Crippen MR) is 101 cm³/mol. The molecular formula is C19H14ClN5O. The Morgan fingerprint density at radius 2 is 2.08 bits per heavy atom. The number of rotatable bonds is 2. The summed E-state index contributed by atoms with van der Waals surface area (Å²) in [6.45, 7) is 9.64. The van der Waals surface area contributed by atoms with Crippen LogP contribution in [0, 0.1) is 13.5 Å². The van der Waals surface area contributed by atoms with Crippen LogP contribution in [0.25, 0.3) is 15.6 Å². The molecule has 1 atom stereocenters. The van der Waals surface area contributed by atoms with E-state index in [9.17, 15) is 4.79 Å². The van der Waals surface area contributed by atoms with Gasteiger partial charge in [0, 0.05) is 23.2 Å². The molecule has 128 valence electrons. The smallest absolute Gasteiger partial charge is 0.287 e. The third-order valence-corrected chi connectivity index (χ3v) is 4.62. The molecular weight excluding hydrogens is 350 g/mol. The summed E-state index contributed by atoms with van der Waals surface area (Å²) in [6.07, 6.45) is 4.23. The molecule has 0 radical (unpaired) electrons. The maximum atomic E-state index is 13.2. The summed E-state index contributed by atoms with van der Waals surface area (Å²) in [5.74, 6) is 0.517. The Morgan fingerprint density at radius 1 is 1.27 bits per heavy atom. The molecule has 0 saturated carbocycles. The topological polar surface area (TPSA) is 53.7 Å². The van der Waals surface area contributed by atoms with Crippen LogP contribution in [0.3, 0.4) is 0 Å². The van der Waals surface area contributed by atoms with E-state index in [0.29, 0.717) is 16.5 Å². The second kappa shape index (κ2) is 6.28. The molecule has 0 bridgehead atoms. The van der Waals surface area contributed by atoms with Crippen molar-refractivity contribution in [1.29, 1.82) is 0 Å². The number of urea groups is 1. The van der Waals surface area contributed by atoms with Crippen molar-refractivity contribution in [3.63, 3.8) is 0 Å². The van der Waals surface area contributed by atoms with Crippen molar-refractivity contribution >= 4 is 39.9 Å². The molecule has 1 aliphatic rings. The Balaban J connectivity index is 1.82. The maximum absolute atomic E-state index is 13.2. The zero-order valence-corrected chi connectivity index (χ0v) is 14.7. The van der Waals surface area contributed by atoms with Gasteiger partial charge in [0.2, 0.25) is 0 Å². The quantitative estimate of drug-likeness (QED) is 0.638. The molecule has 1 aliphatic heterocycles. The molecule has 0 aliphatic carbocycles. The molecule has 0 N–H and O–H groups in total. The first-order valence-electron chi connectivity index (χ1n) is 8.02. The first-order valence-corrected chi connectivity index (χ1v) is 8.40. The second-order valence-electron chi connectivity index (χ2n) is 6.05. The van der Waals surface area contributed by atoms with E-state index in [-0.39, 0.29) is 12.6 Å². The summed E-state index contributed by atoms with van der Waals surface area (Å²) in [4.78, 5) is 28.4. The molecule has 0 spiro atoms. The fourth-order valence-electron chi connectivity index (χ4n) is 3.23. The number of carbonyl (C=O) groups excluding carboxylic acids is 1. The number of hydrogen-bond acceptors (Lipinski definition) is 3. The van der Waals surface area contributed by atoms with E-state index >= 15 is 0 Å². The van der Waals surface area contributed by atoms with Gasteiger partial charge in [0.1, 0.15) is 12.4 Å². The molecule has 6 nitrogen and oxygen atoms in total. The summed E-state index contributed by atoms with van der Waals surface area (Å²) in [6, 6.07) is 9.15. The summed E-state index contributed by atoms with van der Waals surface area (Å²) >= 11 is 5.97. The molecule has 3 heterocycles. The molecule has 3 aromatic rings. The van der Waals surface area contributed by atoms with E-state index in [2.05, 4.69) is 14.8 Å². The summed E-state index contributed by atoms with van der Waals surface area (Å²) in [5, 5.41) is 2.31. The number of amides is 2. The lowest BCUT2D eigenvalue weighted by Crippen LogP contribution is -2.34. The van der Waals surface area contributed by atoms with Crippen LogP contribution in [-0.4, -0.2) is 28.7 Å². The molecule has 1 saturated heterocycles. The lowest BCUT2D eigenvalue weighted by atomic mass is 10.1. The molecule has 7 heteroatoms. The first-order chi connectivity index (χ1) is 12.6. The number of benzene rings is 1. The molecule has 1 unspecified atom stereocenters. The Bertz CT molecular complexity index is 1060. The van der Waals surface area contributed by atoms with Gasteiger partial charge in [0.05, 0.1) is 16.9 Å². The number of fused-ring (bicyclic) bond motifs is 1. The van der Waals surface area contributed by atoms with Crippen LogP contribution >= 0.6 is 11.6 Å². The van der Waals surface area contributed by atoms with Gasteiger partial charge in [-0.2, -0.15) is 0 Å². The van der Waals surface area contributed by atoms with Crippen molar-refractivity contribution in [2.75, 3.05) is 16.3 Å². The van der Waals surface area contributed by atoms with E-state index in [4.69, 9.17) is 18.2 Å². The van der Waals surface area contributed by atoms with Crippen LogP contribution in [-0.2, 0) is 0 Å². The Hall–Kier alpha value is -3.17. The number of aryl methyl sites for hydroxylation is 1. The van der Waals surface area contributed by atoms with Crippen molar-refractivity contribution in [2.24, 2.45) is 0 Å². The monoisotopic (exact) mass is 363 g/mol. The van der Waals surface area contributed by atoms with Crippen molar-refractivity contribution in [2.45, 2.75) is 13.1 Å².